The van der Waals surface area contributed by atoms with Crippen molar-refractivity contribution in [3.05, 3.63) is 48.2 Å². The van der Waals surface area contributed by atoms with Crippen LogP contribution in [0.15, 0.2) is 41.8 Å². The summed E-state index contributed by atoms with van der Waals surface area (Å²) in [4.78, 5) is 6.34. The summed E-state index contributed by atoms with van der Waals surface area (Å²) in [7, 11) is -3.64. The van der Waals surface area contributed by atoms with Gasteiger partial charge in [0.2, 0.25) is 0 Å². The fraction of sp³-hybridized carbons (Fsp3) is 0.308. The molecule has 0 fully saturated rings. The normalized spacial score (nSPS) is 13.6. The van der Waals surface area contributed by atoms with E-state index in [0.29, 0.717) is 6.54 Å². The molecule has 1 atom stereocenters. The van der Waals surface area contributed by atoms with E-state index in [4.69, 9.17) is 0 Å². The van der Waals surface area contributed by atoms with Gasteiger partial charge in [0.1, 0.15) is 5.82 Å². The van der Waals surface area contributed by atoms with Gasteiger partial charge < -0.3 is 4.98 Å². The molecule has 0 bridgehead atoms. The molecule has 7 heteroatoms. The second kappa shape index (κ2) is 5.72. The van der Waals surface area contributed by atoms with Gasteiger partial charge in [0.05, 0.1) is 12.5 Å². The van der Waals surface area contributed by atoms with E-state index in [2.05, 4.69) is 9.97 Å². The van der Waals surface area contributed by atoms with Crippen molar-refractivity contribution in [2.45, 2.75) is 24.9 Å². The second-order valence-corrected chi connectivity index (χ2v) is 6.21. The Bertz CT molecular complexity index is 653. The zero-order chi connectivity index (χ0) is 14.8. The average Bonchev–Trinajstić information content (AvgIpc) is 2.94. The van der Waals surface area contributed by atoms with E-state index in [9.17, 15) is 12.8 Å². The van der Waals surface area contributed by atoms with Crippen LogP contribution in [-0.2, 0) is 10.0 Å². The van der Waals surface area contributed by atoms with Gasteiger partial charge >= 0.3 is 0 Å². The van der Waals surface area contributed by atoms with E-state index in [1.165, 1.54) is 29.0 Å². The van der Waals surface area contributed by atoms with Crippen LogP contribution in [0.25, 0.3) is 0 Å². The first-order chi connectivity index (χ1) is 9.46. The van der Waals surface area contributed by atoms with E-state index in [0.717, 1.165) is 5.56 Å². The maximum absolute atomic E-state index is 12.9. The number of rotatable bonds is 5. The number of nitrogens with one attached hydrogen (secondary N) is 1. The quantitative estimate of drug-likeness (QED) is 0.921. The molecular formula is C13H16FN3O2S. The van der Waals surface area contributed by atoms with Crippen LogP contribution >= 0.6 is 0 Å². The van der Waals surface area contributed by atoms with E-state index in [1.807, 2.05) is 0 Å². The smallest absolute Gasteiger partial charge is 0.260 e. The zero-order valence-corrected chi connectivity index (χ0v) is 12.1. The molecule has 1 N–H and O–H groups in total. The molecule has 1 aromatic carbocycles. The van der Waals surface area contributed by atoms with Gasteiger partial charge in [-0.15, -0.1) is 0 Å². The Balaban J connectivity index is 2.35. The van der Waals surface area contributed by atoms with Crippen LogP contribution in [0, 0.1) is 5.82 Å². The zero-order valence-electron chi connectivity index (χ0n) is 11.2. The first-order valence-electron chi connectivity index (χ1n) is 6.22. The van der Waals surface area contributed by atoms with Crippen LogP contribution in [-0.4, -0.2) is 29.2 Å². The highest BCUT2D eigenvalue weighted by Crippen LogP contribution is 2.26. The number of benzene rings is 1. The molecular weight excluding hydrogens is 281 g/mol. The number of sulfonamides is 1. The van der Waals surface area contributed by atoms with Crippen molar-refractivity contribution >= 4 is 10.0 Å². The Morgan fingerprint density at radius 3 is 2.50 bits per heavy atom. The summed E-state index contributed by atoms with van der Waals surface area (Å²) in [5, 5.41) is 0.0494. The topological polar surface area (TPSA) is 66.1 Å². The Hall–Kier alpha value is -1.73. The molecule has 108 valence electrons. The molecule has 0 aliphatic rings. The summed E-state index contributed by atoms with van der Waals surface area (Å²) in [5.74, 6) is -0.347. The summed E-state index contributed by atoms with van der Waals surface area (Å²) < 4.78 is 39.3. The van der Waals surface area contributed by atoms with Crippen molar-refractivity contribution in [3.63, 3.8) is 0 Å². The number of hydrogen-bond donors (Lipinski definition) is 1. The Morgan fingerprint density at radius 1 is 1.35 bits per heavy atom. The van der Waals surface area contributed by atoms with Crippen molar-refractivity contribution in [3.8, 4) is 0 Å². The van der Waals surface area contributed by atoms with Crippen LogP contribution in [0.5, 0.6) is 0 Å². The van der Waals surface area contributed by atoms with Gasteiger partial charge in [0, 0.05) is 12.6 Å². The first kappa shape index (κ1) is 14.7. The lowest BCUT2D eigenvalue weighted by atomic mass is 10.1. The van der Waals surface area contributed by atoms with Crippen LogP contribution in [0.2, 0.25) is 0 Å². The molecule has 1 heterocycles. The largest absolute Gasteiger partial charge is 0.335 e. The number of H-pyrrole nitrogens is 1. The molecule has 0 radical (unpaired) electrons. The summed E-state index contributed by atoms with van der Waals surface area (Å²) in [5.41, 5.74) is 0.733. The molecule has 0 aliphatic heterocycles. The van der Waals surface area contributed by atoms with Crippen molar-refractivity contribution < 1.29 is 12.8 Å². The molecule has 1 unspecified atom stereocenters. The maximum atomic E-state index is 12.9. The minimum absolute atomic E-state index is 0.0494. The molecule has 0 spiro atoms. The highest BCUT2D eigenvalue weighted by atomic mass is 32.2. The van der Waals surface area contributed by atoms with E-state index in [-0.39, 0.29) is 10.8 Å². The van der Waals surface area contributed by atoms with E-state index >= 15 is 0 Å². The van der Waals surface area contributed by atoms with Crippen molar-refractivity contribution in [2.75, 3.05) is 6.54 Å². The second-order valence-electron chi connectivity index (χ2n) is 4.35. The average molecular weight is 297 g/mol. The van der Waals surface area contributed by atoms with Gasteiger partial charge in [-0.05, 0) is 24.6 Å². The number of nitrogens with zero attached hydrogens (tertiary/aromatic N) is 2. The summed E-state index contributed by atoms with van der Waals surface area (Å²) >= 11 is 0. The standard InChI is InChI=1S/C13H16FN3O2S/c1-3-17(20(18,19)13-8-15-9-16-13)10(2)11-4-6-12(14)7-5-11/h4-10H,3H2,1-2H3,(H,15,16). The van der Waals surface area contributed by atoms with Crippen LogP contribution in [0.4, 0.5) is 4.39 Å². The van der Waals surface area contributed by atoms with Gasteiger partial charge in [-0.2, -0.15) is 4.31 Å². The van der Waals surface area contributed by atoms with Crippen molar-refractivity contribution in [2.24, 2.45) is 0 Å². The predicted molar refractivity (Wildman–Crippen MR) is 73.0 cm³/mol. The summed E-state index contributed by atoms with van der Waals surface area (Å²) in [6, 6.07) is 5.43. The monoisotopic (exact) mass is 297 g/mol. The Kier molecular flexibility index (Phi) is 4.20. The lowest BCUT2D eigenvalue weighted by Crippen LogP contribution is -2.33. The number of hydrogen-bond acceptors (Lipinski definition) is 3. The fourth-order valence-corrected chi connectivity index (χ4v) is 3.60. The molecule has 2 aromatic rings. The third-order valence-corrected chi connectivity index (χ3v) is 5.13. The van der Waals surface area contributed by atoms with Crippen LogP contribution in [0.1, 0.15) is 25.5 Å². The molecule has 0 aliphatic carbocycles. The van der Waals surface area contributed by atoms with Gasteiger partial charge in [-0.1, -0.05) is 19.1 Å². The van der Waals surface area contributed by atoms with Crippen LogP contribution < -0.4 is 0 Å². The van der Waals surface area contributed by atoms with Gasteiger partial charge in [0.25, 0.3) is 10.0 Å². The molecule has 0 saturated heterocycles. The predicted octanol–water partition coefficient (Wildman–Crippen LogP) is 2.32. The number of aromatic nitrogens is 2. The molecule has 0 amide bonds. The molecule has 1 aromatic heterocycles. The molecule has 20 heavy (non-hydrogen) atoms. The van der Waals surface area contributed by atoms with E-state index < -0.39 is 16.1 Å². The number of aromatic amines is 1. The fourth-order valence-electron chi connectivity index (χ4n) is 2.07. The highest BCUT2D eigenvalue weighted by molar-refractivity contribution is 7.89. The minimum Gasteiger partial charge on any atom is -0.335 e. The highest BCUT2D eigenvalue weighted by Gasteiger charge is 2.29. The maximum Gasteiger partial charge on any atom is 0.260 e. The van der Waals surface area contributed by atoms with Crippen molar-refractivity contribution in [1.29, 1.82) is 0 Å². The SMILES string of the molecule is CCN(C(C)c1ccc(F)cc1)S(=O)(=O)c1cnc[nH]1. The Labute approximate surface area is 117 Å². The van der Waals surface area contributed by atoms with E-state index in [1.54, 1.807) is 26.0 Å². The van der Waals surface area contributed by atoms with Crippen molar-refractivity contribution in [1.82, 2.24) is 14.3 Å². The first-order valence-corrected chi connectivity index (χ1v) is 7.66. The molecule has 5 nitrogen and oxygen atoms in total. The van der Waals surface area contributed by atoms with Gasteiger partial charge in [-0.3, -0.25) is 0 Å². The molecule has 0 saturated carbocycles. The summed E-state index contributed by atoms with van der Waals surface area (Å²) in [6.45, 7) is 3.83. The summed E-state index contributed by atoms with van der Waals surface area (Å²) in [6.07, 6.45) is 2.60. The van der Waals surface area contributed by atoms with Crippen LogP contribution in [0.3, 0.4) is 0 Å². The number of halogens is 1. The third-order valence-electron chi connectivity index (χ3n) is 3.16. The Morgan fingerprint density at radius 2 is 2.00 bits per heavy atom. The molecule has 2 rings (SSSR count). The third kappa shape index (κ3) is 2.73. The minimum atomic E-state index is -3.64. The number of imidazole rings is 1. The van der Waals surface area contributed by atoms with Gasteiger partial charge in [0.15, 0.2) is 5.03 Å². The lowest BCUT2D eigenvalue weighted by molar-refractivity contribution is 0.355. The lowest BCUT2D eigenvalue weighted by Gasteiger charge is -2.26. The van der Waals surface area contributed by atoms with Gasteiger partial charge in [-0.25, -0.2) is 17.8 Å².